The fourth-order valence-electron chi connectivity index (χ4n) is 2.28. The van der Waals surface area contributed by atoms with E-state index in [9.17, 15) is 9.18 Å². The average molecular weight is 421 g/mol. The lowest BCUT2D eigenvalue weighted by Crippen LogP contribution is -2.41. The minimum absolute atomic E-state index is 0.121. The molecular formula is C19H22BrFN4O. The number of hydrogen-bond donors (Lipinski definition) is 3. The van der Waals surface area contributed by atoms with Crippen molar-refractivity contribution in [2.45, 2.75) is 13.5 Å². The van der Waals surface area contributed by atoms with Crippen LogP contribution < -0.4 is 16.0 Å². The summed E-state index contributed by atoms with van der Waals surface area (Å²) in [5, 5.41) is 9.13. The second-order valence-electron chi connectivity index (χ2n) is 5.70. The zero-order chi connectivity index (χ0) is 18.9. The second-order valence-corrected chi connectivity index (χ2v) is 6.61. The molecule has 3 N–H and O–H groups in total. The highest BCUT2D eigenvalue weighted by molar-refractivity contribution is 9.10. The van der Waals surface area contributed by atoms with Crippen molar-refractivity contribution in [2.75, 3.05) is 20.1 Å². The summed E-state index contributed by atoms with van der Waals surface area (Å²) in [6, 6.07) is 12.2. The molecule has 0 unspecified atom stereocenters. The fraction of sp³-hybridized carbons (Fsp3) is 0.263. The molecule has 0 radical (unpaired) electrons. The largest absolute Gasteiger partial charge is 0.355 e. The van der Waals surface area contributed by atoms with Gasteiger partial charge in [0.15, 0.2) is 5.96 Å². The molecule has 0 aromatic heterocycles. The van der Waals surface area contributed by atoms with Gasteiger partial charge in [0.05, 0.1) is 0 Å². The van der Waals surface area contributed by atoms with Gasteiger partial charge in [-0.25, -0.2) is 4.39 Å². The highest BCUT2D eigenvalue weighted by Crippen LogP contribution is 2.10. The van der Waals surface area contributed by atoms with Crippen molar-refractivity contribution < 1.29 is 9.18 Å². The molecule has 0 saturated heterocycles. The maximum Gasteiger partial charge on any atom is 0.251 e. The molecule has 0 heterocycles. The topological polar surface area (TPSA) is 65.5 Å². The Morgan fingerprint density at radius 3 is 2.42 bits per heavy atom. The number of benzene rings is 2. The van der Waals surface area contributed by atoms with Crippen LogP contribution in [0.2, 0.25) is 0 Å². The number of rotatable bonds is 6. The van der Waals surface area contributed by atoms with E-state index in [1.807, 2.05) is 12.1 Å². The average Bonchev–Trinajstić information content (AvgIpc) is 2.64. The lowest BCUT2D eigenvalue weighted by Gasteiger charge is -2.13. The third kappa shape index (κ3) is 6.15. The second kappa shape index (κ2) is 9.91. The van der Waals surface area contributed by atoms with Crippen LogP contribution in [0.1, 0.15) is 21.5 Å². The van der Waals surface area contributed by atoms with Crippen LogP contribution in [0.4, 0.5) is 4.39 Å². The Morgan fingerprint density at radius 1 is 1.08 bits per heavy atom. The van der Waals surface area contributed by atoms with Gasteiger partial charge in [0.1, 0.15) is 5.82 Å². The maximum absolute atomic E-state index is 13.3. The van der Waals surface area contributed by atoms with Crippen molar-refractivity contribution in [1.82, 2.24) is 16.0 Å². The van der Waals surface area contributed by atoms with E-state index in [0.717, 1.165) is 10.0 Å². The SMILES string of the molecule is CN=C(NCCNC(=O)c1ccc(Br)cc1)NCc1ccc(F)c(C)c1. The van der Waals surface area contributed by atoms with Crippen molar-refractivity contribution in [3.8, 4) is 0 Å². The summed E-state index contributed by atoms with van der Waals surface area (Å²) in [5.41, 5.74) is 2.20. The fourth-order valence-corrected chi connectivity index (χ4v) is 2.55. The molecule has 0 atom stereocenters. The van der Waals surface area contributed by atoms with Crippen LogP contribution in [0, 0.1) is 12.7 Å². The molecule has 0 aliphatic carbocycles. The van der Waals surface area contributed by atoms with E-state index in [1.165, 1.54) is 6.07 Å². The number of carbonyl (C=O) groups excluding carboxylic acids is 1. The van der Waals surface area contributed by atoms with Gasteiger partial charge in [-0.1, -0.05) is 28.1 Å². The lowest BCUT2D eigenvalue weighted by atomic mass is 10.1. The van der Waals surface area contributed by atoms with E-state index in [1.54, 1.807) is 38.2 Å². The van der Waals surface area contributed by atoms with Crippen LogP contribution >= 0.6 is 15.9 Å². The highest BCUT2D eigenvalue weighted by atomic mass is 79.9. The van der Waals surface area contributed by atoms with E-state index >= 15 is 0 Å². The van der Waals surface area contributed by atoms with Crippen molar-refractivity contribution in [2.24, 2.45) is 4.99 Å². The normalized spacial score (nSPS) is 11.2. The van der Waals surface area contributed by atoms with Crippen LogP contribution in [0.25, 0.3) is 0 Å². The molecule has 26 heavy (non-hydrogen) atoms. The van der Waals surface area contributed by atoms with Crippen LogP contribution in [-0.4, -0.2) is 32.0 Å². The van der Waals surface area contributed by atoms with Crippen LogP contribution in [-0.2, 0) is 6.54 Å². The molecule has 2 aromatic carbocycles. The third-order valence-electron chi connectivity index (χ3n) is 3.72. The maximum atomic E-state index is 13.3. The smallest absolute Gasteiger partial charge is 0.251 e. The molecule has 0 aliphatic rings. The summed E-state index contributed by atoms with van der Waals surface area (Å²) in [6.45, 7) is 3.27. The van der Waals surface area contributed by atoms with Gasteiger partial charge >= 0.3 is 0 Å². The minimum atomic E-state index is -0.210. The summed E-state index contributed by atoms with van der Waals surface area (Å²) in [4.78, 5) is 16.1. The number of hydrogen-bond acceptors (Lipinski definition) is 2. The van der Waals surface area contributed by atoms with Gasteiger partial charge in [-0.3, -0.25) is 9.79 Å². The predicted molar refractivity (Wildman–Crippen MR) is 106 cm³/mol. The Labute approximate surface area is 161 Å². The molecule has 0 fully saturated rings. The molecule has 7 heteroatoms. The first kappa shape index (κ1) is 19.9. The zero-order valence-corrected chi connectivity index (χ0v) is 16.4. The number of nitrogens with one attached hydrogen (secondary N) is 3. The van der Waals surface area contributed by atoms with Crippen molar-refractivity contribution in [3.05, 3.63) is 69.4 Å². The Balaban J connectivity index is 1.72. The Morgan fingerprint density at radius 2 is 1.77 bits per heavy atom. The van der Waals surface area contributed by atoms with Crippen LogP contribution in [0.3, 0.4) is 0 Å². The summed E-state index contributed by atoms with van der Waals surface area (Å²) >= 11 is 3.34. The van der Waals surface area contributed by atoms with Crippen molar-refractivity contribution in [3.63, 3.8) is 0 Å². The van der Waals surface area contributed by atoms with Gasteiger partial charge in [0, 0.05) is 36.7 Å². The summed E-state index contributed by atoms with van der Waals surface area (Å²) in [5.74, 6) is 0.284. The molecule has 2 aromatic rings. The van der Waals surface area contributed by atoms with Crippen molar-refractivity contribution in [1.29, 1.82) is 0 Å². The van der Waals surface area contributed by atoms with Gasteiger partial charge < -0.3 is 16.0 Å². The van der Waals surface area contributed by atoms with Gasteiger partial charge in [-0.2, -0.15) is 0 Å². The van der Waals surface area contributed by atoms with Crippen LogP contribution in [0.15, 0.2) is 51.9 Å². The molecule has 2 rings (SSSR count). The molecule has 0 aliphatic heterocycles. The Kier molecular flexibility index (Phi) is 7.59. The molecule has 1 amide bonds. The van der Waals surface area contributed by atoms with Crippen LogP contribution in [0.5, 0.6) is 0 Å². The van der Waals surface area contributed by atoms with Gasteiger partial charge in [-0.15, -0.1) is 0 Å². The summed E-state index contributed by atoms with van der Waals surface area (Å²) in [6.07, 6.45) is 0. The number of amides is 1. The molecule has 0 spiro atoms. The standard InChI is InChI=1S/C19H22BrFN4O/c1-13-11-14(3-8-17(13)21)12-25-19(22-2)24-10-9-23-18(26)15-4-6-16(20)7-5-15/h3-8,11H,9-10,12H2,1-2H3,(H,23,26)(H2,22,24,25). The number of aliphatic imine (C=N–C) groups is 1. The van der Waals surface area contributed by atoms with E-state index in [0.29, 0.717) is 36.7 Å². The first-order valence-corrected chi connectivity index (χ1v) is 9.02. The minimum Gasteiger partial charge on any atom is -0.355 e. The number of aryl methyl sites for hydroxylation is 1. The molecule has 0 saturated carbocycles. The quantitative estimate of drug-likeness (QED) is 0.382. The zero-order valence-electron chi connectivity index (χ0n) is 14.8. The molecule has 0 bridgehead atoms. The number of nitrogens with zero attached hydrogens (tertiary/aromatic N) is 1. The van der Waals surface area contributed by atoms with E-state index in [-0.39, 0.29) is 11.7 Å². The molecular weight excluding hydrogens is 399 g/mol. The Bertz CT molecular complexity index is 778. The number of carbonyl (C=O) groups is 1. The van der Waals surface area contributed by atoms with Gasteiger partial charge in [-0.05, 0) is 48.4 Å². The Hall–Kier alpha value is -2.41. The monoisotopic (exact) mass is 420 g/mol. The van der Waals surface area contributed by atoms with E-state index < -0.39 is 0 Å². The van der Waals surface area contributed by atoms with Gasteiger partial charge in [0.25, 0.3) is 5.91 Å². The van der Waals surface area contributed by atoms with Crippen molar-refractivity contribution >= 4 is 27.8 Å². The molecule has 5 nitrogen and oxygen atoms in total. The molecule has 138 valence electrons. The summed E-state index contributed by atoms with van der Waals surface area (Å²) in [7, 11) is 1.67. The first-order chi connectivity index (χ1) is 12.5. The van der Waals surface area contributed by atoms with E-state index in [4.69, 9.17) is 0 Å². The lowest BCUT2D eigenvalue weighted by molar-refractivity contribution is 0.0954. The first-order valence-electron chi connectivity index (χ1n) is 8.23. The third-order valence-corrected chi connectivity index (χ3v) is 4.24. The summed E-state index contributed by atoms with van der Waals surface area (Å²) < 4.78 is 14.2. The number of guanidine groups is 1. The van der Waals surface area contributed by atoms with E-state index in [2.05, 4.69) is 36.9 Å². The number of halogens is 2. The van der Waals surface area contributed by atoms with Gasteiger partial charge in [0.2, 0.25) is 0 Å². The highest BCUT2D eigenvalue weighted by Gasteiger charge is 2.05. The predicted octanol–water partition coefficient (Wildman–Crippen LogP) is 2.99.